The molecule has 2 atom stereocenters. The fraction of sp³-hybridized carbons (Fsp3) is 0.533. The van der Waals surface area contributed by atoms with E-state index in [0.717, 1.165) is 5.56 Å². The normalized spacial score (nSPS) is 28.9. The molecule has 1 aliphatic heterocycles. The largest absolute Gasteiger partial charge is 0.462 e. The number of hydrogen-bond donors (Lipinski definition) is 1. The van der Waals surface area contributed by atoms with Crippen molar-refractivity contribution in [3.63, 3.8) is 0 Å². The van der Waals surface area contributed by atoms with Crippen LogP contribution in [0.5, 0.6) is 0 Å². The molecule has 0 spiro atoms. The van der Waals surface area contributed by atoms with Crippen LogP contribution in [0.25, 0.3) is 0 Å². The third-order valence-corrected chi connectivity index (χ3v) is 3.95. The number of benzene rings is 1. The van der Waals surface area contributed by atoms with Crippen LogP contribution in [-0.2, 0) is 9.53 Å². The molecule has 1 heterocycles. The monoisotopic (exact) mass is 247 g/mol. The highest BCUT2D eigenvalue weighted by atomic mass is 16.5. The topological polar surface area (TPSA) is 38.3 Å². The molecule has 1 N–H and O–H groups in total. The number of rotatable bonds is 1. The summed E-state index contributed by atoms with van der Waals surface area (Å²) in [6.07, 6.45) is 0. The summed E-state index contributed by atoms with van der Waals surface area (Å²) in [5.74, 6) is -0.165. The van der Waals surface area contributed by atoms with Gasteiger partial charge in [-0.1, -0.05) is 51.1 Å². The van der Waals surface area contributed by atoms with E-state index in [1.54, 1.807) is 0 Å². The van der Waals surface area contributed by atoms with Gasteiger partial charge in [0.1, 0.15) is 12.1 Å². The number of esters is 1. The van der Waals surface area contributed by atoms with Gasteiger partial charge in [0.05, 0.1) is 6.04 Å². The van der Waals surface area contributed by atoms with E-state index in [9.17, 15) is 4.79 Å². The maximum absolute atomic E-state index is 12.1. The van der Waals surface area contributed by atoms with E-state index in [1.807, 2.05) is 25.1 Å². The van der Waals surface area contributed by atoms with E-state index in [0.29, 0.717) is 6.61 Å². The van der Waals surface area contributed by atoms with Crippen LogP contribution < -0.4 is 5.32 Å². The second-order valence-electron chi connectivity index (χ2n) is 6.08. The van der Waals surface area contributed by atoms with Crippen LogP contribution in [0.15, 0.2) is 30.3 Å². The molecule has 0 aromatic heterocycles. The molecule has 18 heavy (non-hydrogen) atoms. The zero-order valence-corrected chi connectivity index (χ0v) is 11.5. The number of carbonyl (C=O) groups is 1. The molecule has 1 unspecified atom stereocenters. The zero-order valence-electron chi connectivity index (χ0n) is 11.5. The first-order valence-corrected chi connectivity index (χ1v) is 6.34. The predicted molar refractivity (Wildman–Crippen MR) is 71.1 cm³/mol. The predicted octanol–water partition coefficient (Wildman–Crippen LogP) is 2.68. The lowest BCUT2D eigenvalue weighted by Crippen LogP contribution is -2.63. The fourth-order valence-electron chi connectivity index (χ4n) is 2.14. The van der Waals surface area contributed by atoms with Gasteiger partial charge in [-0.3, -0.25) is 10.1 Å². The van der Waals surface area contributed by atoms with Crippen LogP contribution in [0.2, 0.25) is 0 Å². The lowest BCUT2D eigenvalue weighted by molar-refractivity contribution is -0.164. The number of morpholine rings is 1. The molecule has 0 bridgehead atoms. The number of carbonyl (C=O) groups excluding carboxylic acids is 1. The fourth-order valence-corrected chi connectivity index (χ4v) is 2.14. The first kappa shape index (κ1) is 13.1. The van der Waals surface area contributed by atoms with Crippen LogP contribution in [0, 0.1) is 5.41 Å². The Kier molecular flexibility index (Phi) is 3.20. The lowest BCUT2D eigenvalue weighted by Gasteiger charge is -2.46. The molecule has 2 rings (SSSR count). The van der Waals surface area contributed by atoms with Crippen molar-refractivity contribution in [3.05, 3.63) is 35.9 Å². The molecule has 1 aromatic carbocycles. The van der Waals surface area contributed by atoms with Gasteiger partial charge in [0.2, 0.25) is 0 Å². The van der Waals surface area contributed by atoms with Gasteiger partial charge in [0.15, 0.2) is 0 Å². The summed E-state index contributed by atoms with van der Waals surface area (Å²) in [5, 5.41) is 3.46. The zero-order chi connectivity index (χ0) is 13.4. The molecule has 0 amide bonds. The molecule has 1 saturated heterocycles. The van der Waals surface area contributed by atoms with Crippen molar-refractivity contribution in [2.24, 2.45) is 5.41 Å². The van der Waals surface area contributed by atoms with Crippen LogP contribution in [-0.4, -0.2) is 18.1 Å². The van der Waals surface area contributed by atoms with E-state index < -0.39 is 5.54 Å². The van der Waals surface area contributed by atoms with E-state index >= 15 is 0 Å². The Morgan fingerprint density at radius 1 is 1.28 bits per heavy atom. The van der Waals surface area contributed by atoms with Gasteiger partial charge in [-0.05, 0) is 17.9 Å². The minimum Gasteiger partial charge on any atom is -0.462 e. The minimum absolute atomic E-state index is 0.0631. The molecule has 0 saturated carbocycles. The Morgan fingerprint density at radius 2 is 1.89 bits per heavy atom. The van der Waals surface area contributed by atoms with Crippen LogP contribution in [0.1, 0.15) is 39.3 Å². The van der Waals surface area contributed by atoms with Crippen molar-refractivity contribution in [1.82, 2.24) is 5.32 Å². The van der Waals surface area contributed by atoms with Gasteiger partial charge in [0, 0.05) is 0 Å². The summed E-state index contributed by atoms with van der Waals surface area (Å²) in [5.41, 5.74) is 0.295. The van der Waals surface area contributed by atoms with Gasteiger partial charge < -0.3 is 4.74 Å². The molecule has 1 aliphatic rings. The van der Waals surface area contributed by atoms with Crippen molar-refractivity contribution < 1.29 is 9.53 Å². The standard InChI is InChI=1S/C15H21NO2/c1-14(2,3)15(4)13(17)18-10-12(16-15)11-8-6-5-7-9-11/h5-9,12,16H,10H2,1-4H3/t12-,15?/m0/s1. The third-order valence-electron chi connectivity index (χ3n) is 3.95. The summed E-state index contributed by atoms with van der Waals surface area (Å²) in [4.78, 5) is 12.1. The van der Waals surface area contributed by atoms with Gasteiger partial charge in [-0.15, -0.1) is 0 Å². The Labute approximate surface area is 109 Å². The highest BCUT2D eigenvalue weighted by Crippen LogP contribution is 2.36. The molecule has 98 valence electrons. The van der Waals surface area contributed by atoms with E-state index in [4.69, 9.17) is 4.74 Å². The molecule has 1 fully saturated rings. The summed E-state index contributed by atoms with van der Waals surface area (Å²) in [6.45, 7) is 8.47. The van der Waals surface area contributed by atoms with E-state index in [-0.39, 0.29) is 17.4 Å². The van der Waals surface area contributed by atoms with Crippen LogP contribution >= 0.6 is 0 Å². The van der Waals surface area contributed by atoms with Gasteiger partial charge >= 0.3 is 5.97 Å². The van der Waals surface area contributed by atoms with Crippen molar-refractivity contribution >= 4 is 5.97 Å². The van der Waals surface area contributed by atoms with Crippen LogP contribution in [0.4, 0.5) is 0 Å². The Balaban J connectivity index is 2.27. The summed E-state index contributed by atoms with van der Waals surface area (Å²) in [6, 6.07) is 10.2. The highest BCUT2D eigenvalue weighted by molar-refractivity contribution is 5.82. The average Bonchev–Trinajstić information content (AvgIpc) is 2.32. The number of ether oxygens (including phenoxy) is 1. The Bertz CT molecular complexity index is 436. The van der Waals surface area contributed by atoms with E-state index in [1.165, 1.54) is 0 Å². The Hall–Kier alpha value is -1.35. The van der Waals surface area contributed by atoms with Crippen molar-refractivity contribution in [2.75, 3.05) is 6.61 Å². The quantitative estimate of drug-likeness (QED) is 0.775. The maximum atomic E-state index is 12.1. The minimum atomic E-state index is -0.661. The summed E-state index contributed by atoms with van der Waals surface area (Å²) < 4.78 is 5.39. The summed E-state index contributed by atoms with van der Waals surface area (Å²) >= 11 is 0. The van der Waals surface area contributed by atoms with E-state index in [2.05, 4.69) is 38.2 Å². The SMILES string of the molecule is CC(C)(C)C1(C)N[C@H](c2ccccc2)COC1=O. The number of cyclic esters (lactones) is 1. The van der Waals surface area contributed by atoms with Crippen molar-refractivity contribution in [1.29, 1.82) is 0 Å². The second-order valence-corrected chi connectivity index (χ2v) is 6.08. The first-order valence-electron chi connectivity index (χ1n) is 6.34. The molecule has 3 heteroatoms. The summed E-state index contributed by atoms with van der Waals surface area (Å²) in [7, 11) is 0. The molecular formula is C15H21NO2. The van der Waals surface area contributed by atoms with Gasteiger partial charge in [0.25, 0.3) is 0 Å². The molecule has 3 nitrogen and oxygen atoms in total. The third kappa shape index (κ3) is 2.15. The van der Waals surface area contributed by atoms with Crippen molar-refractivity contribution in [2.45, 2.75) is 39.3 Å². The average molecular weight is 247 g/mol. The smallest absolute Gasteiger partial charge is 0.326 e. The number of hydrogen-bond acceptors (Lipinski definition) is 3. The Morgan fingerprint density at radius 3 is 2.44 bits per heavy atom. The molecule has 0 radical (unpaired) electrons. The number of nitrogens with one attached hydrogen (secondary N) is 1. The molecule has 0 aliphatic carbocycles. The molecule has 1 aromatic rings. The van der Waals surface area contributed by atoms with Gasteiger partial charge in [-0.25, -0.2) is 0 Å². The molecular weight excluding hydrogens is 226 g/mol. The second kappa shape index (κ2) is 4.39. The highest BCUT2D eigenvalue weighted by Gasteiger charge is 2.49. The maximum Gasteiger partial charge on any atom is 0.326 e. The van der Waals surface area contributed by atoms with Gasteiger partial charge in [-0.2, -0.15) is 0 Å². The lowest BCUT2D eigenvalue weighted by atomic mass is 9.73. The first-order chi connectivity index (χ1) is 8.34. The van der Waals surface area contributed by atoms with Crippen LogP contribution in [0.3, 0.4) is 0 Å². The van der Waals surface area contributed by atoms with Crippen molar-refractivity contribution in [3.8, 4) is 0 Å².